The maximum Gasteiger partial charge on any atom is 0.196 e. The van der Waals surface area contributed by atoms with E-state index >= 15 is 0 Å². The van der Waals surface area contributed by atoms with Crippen molar-refractivity contribution in [1.82, 2.24) is 14.5 Å². The van der Waals surface area contributed by atoms with E-state index in [1.165, 1.54) is 18.4 Å². The number of aromatic nitrogens is 2. The number of carbonyl (C=O) groups is 1. The summed E-state index contributed by atoms with van der Waals surface area (Å²) in [4.78, 5) is 22.0. The molecule has 1 saturated heterocycles. The quantitative estimate of drug-likeness (QED) is 0.417. The molecule has 7 nitrogen and oxygen atoms in total. The molecule has 2 heterocycles. The van der Waals surface area contributed by atoms with Crippen LogP contribution in [-0.4, -0.2) is 65.7 Å². The van der Waals surface area contributed by atoms with Gasteiger partial charge in [-0.3, -0.25) is 9.69 Å². The van der Waals surface area contributed by atoms with Gasteiger partial charge in [-0.25, -0.2) is 4.98 Å². The number of ketones is 1. The summed E-state index contributed by atoms with van der Waals surface area (Å²) in [6.07, 6.45) is 9.31. The van der Waals surface area contributed by atoms with Crippen molar-refractivity contribution >= 4 is 11.5 Å². The molecule has 190 valence electrons. The summed E-state index contributed by atoms with van der Waals surface area (Å²) in [5.74, 6) is 1.68. The third-order valence-corrected chi connectivity index (χ3v) is 7.36. The van der Waals surface area contributed by atoms with E-state index in [4.69, 9.17) is 9.47 Å². The van der Waals surface area contributed by atoms with Gasteiger partial charge < -0.3 is 18.9 Å². The van der Waals surface area contributed by atoms with Crippen molar-refractivity contribution < 1.29 is 14.3 Å². The molecule has 1 aliphatic carbocycles. The minimum absolute atomic E-state index is 0.0683. The number of ether oxygens (including phenoxy) is 2. The number of carbonyl (C=O) groups excluding carboxylic acids is 1. The van der Waals surface area contributed by atoms with Gasteiger partial charge >= 0.3 is 0 Å². The van der Waals surface area contributed by atoms with E-state index in [1.54, 1.807) is 19.6 Å². The molecule has 0 amide bonds. The monoisotopic (exact) mass is 488 g/mol. The van der Waals surface area contributed by atoms with Crippen LogP contribution in [0.4, 0.5) is 5.69 Å². The zero-order valence-corrected chi connectivity index (χ0v) is 21.3. The molecule has 0 radical (unpaired) electrons. The number of piperazine rings is 1. The van der Waals surface area contributed by atoms with E-state index in [0.29, 0.717) is 12.2 Å². The Morgan fingerprint density at radius 3 is 2.58 bits per heavy atom. The molecule has 0 N–H and O–H groups in total. The van der Waals surface area contributed by atoms with E-state index in [0.717, 1.165) is 56.1 Å². The predicted molar refractivity (Wildman–Crippen MR) is 141 cm³/mol. The van der Waals surface area contributed by atoms with Gasteiger partial charge in [0.25, 0.3) is 0 Å². The number of anilines is 1. The molecule has 1 aromatic heterocycles. The van der Waals surface area contributed by atoms with Crippen LogP contribution in [-0.2, 0) is 13.5 Å². The Morgan fingerprint density at radius 2 is 1.86 bits per heavy atom. The first kappa shape index (κ1) is 24.4. The molecule has 0 spiro atoms. The molecule has 7 heteroatoms. The minimum atomic E-state index is 0.0683. The fraction of sp³-hybridized carbons (Fsp3) is 0.448. The summed E-state index contributed by atoms with van der Waals surface area (Å²) in [5.41, 5.74) is 2.94. The standard InChI is InChI=1S/C29H36N4O3/c1-31-19-26(30-21-31)27(34)20-33-15-14-32(18-24(33)16-22-8-4-3-5-9-22)23-12-13-28(35-2)29(17-23)36-25-10-6-7-11-25/h3-5,8-9,12-13,17,19,21,24-25H,6-7,10-11,14-16,18,20H2,1-2H3/t24-/m0/s1. The van der Waals surface area contributed by atoms with Crippen LogP contribution in [0.5, 0.6) is 11.5 Å². The average Bonchev–Trinajstić information content (AvgIpc) is 3.57. The van der Waals surface area contributed by atoms with Gasteiger partial charge in [0.1, 0.15) is 5.69 Å². The fourth-order valence-electron chi connectivity index (χ4n) is 5.38. The maximum absolute atomic E-state index is 13.0. The van der Waals surface area contributed by atoms with Gasteiger partial charge in [-0.1, -0.05) is 30.3 Å². The van der Waals surface area contributed by atoms with Crippen LogP contribution in [0.1, 0.15) is 41.7 Å². The Balaban J connectivity index is 1.34. The van der Waals surface area contributed by atoms with Crippen molar-refractivity contribution in [3.8, 4) is 11.5 Å². The van der Waals surface area contributed by atoms with Gasteiger partial charge in [-0.05, 0) is 49.8 Å². The number of rotatable bonds is 9. The van der Waals surface area contributed by atoms with Crippen molar-refractivity contribution in [3.63, 3.8) is 0 Å². The number of hydrogen-bond donors (Lipinski definition) is 0. The fourth-order valence-corrected chi connectivity index (χ4v) is 5.38. The molecule has 0 bridgehead atoms. The van der Waals surface area contributed by atoms with Gasteiger partial charge in [0, 0.05) is 50.7 Å². The molecule has 36 heavy (non-hydrogen) atoms. The second kappa shape index (κ2) is 11.2. The second-order valence-corrected chi connectivity index (χ2v) is 9.97. The highest BCUT2D eigenvalue weighted by Crippen LogP contribution is 2.35. The highest BCUT2D eigenvalue weighted by molar-refractivity contribution is 5.95. The smallest absolute Gasteiger partial charge is 0.196 e. The highest BCUT2D eigenvalue weighted by atomic mass is 16.5. The van der Waals surface area contributed by atoms with E-state index in [2.05, 4.69) is 51.2 Å². The summed E-state index contributed by atoms with van der Waals surface area (Å²) < 4.78 is 13.8. The lowest BCUT2D eigenvalue weighted by molar-refractivity contribution is 0.0871. The summed E-state index contributed by atoms with van der Waals surface area (Å²) in [6.45, 7) is 2.86. The lowest BCUT2D eigenvalue weighted by Gasteiger charge is -2.42. The number of Topliss-reactive ketones (excluding diaryl/α,β-unsaturated/α-hetero) is 1. The van der Waals surface area contributed by atoms with Crippen molar-refractivity contribution in [2.75, 3.05) is 38.2 Å². The number of imidazole rings is 1. The molecule has 2 aromatic carbocycles. The lowest BCUT2D eigenvalue weighted by atomic mass is 10.0. The summed E-state index contributed by atoms with van der Waals surface area (Å²) in [5, 5.41) is 0. The van der Waals surface area contributed by atoms with Gasteiger partial charge in [0.2, 0.25) is 0 Å². The van der Waals surface area contributed by atoms with Crippen LogP contribution in [0.25, 0.3) is 0 Å². The number of methoxy groups -OCH3 is 1. The van der Waals surface area contributed by atoms with Crippen LogP contribution in [0, 0.1) is 0 Å². The van der Waals surface area contributed by atoms with Gasteiger partial charge in [-0.2, -0.15) is 0 Å². The molecule has 1 saturated carbocycles. The topological polar surface area (TPSA) is 59.8 Å². The normalized spacial score (nSPS) is 18.9. The first-order valence-electron chi connectivity index (χ1n) is 13.0. The first-order valence-corrected chi connectivity index (χ1v) is 13.0. The molecule has 2 aliphatic rings. The number of aryl methyl sites for hydroxylation is 1. The van der Waals surface area contributed by atoms with Crippen LogP contribution in [0.2, 0.25) is 0 Å². The number of benzene rings is 2. The molecule has 2 fully saturated rings. The molecule has 5 rings (SSSR count). The Morgan fingerprint density at radius 1 is 1.06 bits per heavy atom. The Labute approximate surface area is 213 Å². The first-order chi connectivity index (χ1) is 17.6. The van der Waals surface area contributed by atoms with Crippen molar-refractivity contribution in [2.24, 2.45) is 7.05 Å². The molecule has 1 aliphatic heterocycles. The minimum Gasteiger partial charge on any atom is -0.493 e. The van der Waals surface area contributed by atoms with E-state index < -0.39 is 0 Å². The maximum atomic E-state index is 13.0. The van der Waals surface area contributed by atoms with Crippen LogP contribution < -0.4 is 14.4 Å². The van der Waals surface area contributed by atoms with Crippen molar-refractivity contribution in [2.45, 2.75) is 44.2 Å². The van der Waals surface area contributed by atoms with Gasteiger partial charge in [0.05, 0.1) is 26.1 Å². The Hall–Kier alpha value is -3.32. The van der Waals surface area contributed by atoms with Crippen molar-refractivity contribution in [1.29, 1.82) is 0 Å². The van der Waals surface area contributed by atoms with Crippen LogP contribution in [0.3, 0.4) is 0 Å². The zero-order chi connectivity index (χ0) is 24.9. The molecule has 0 unspecified atom stereocenters. The van der Waals surface area contributed by atoms with E-state index in [-0.39, 0.29) is 17.9 Å². The molecular formula is C29H36N4O3. The second-order valence-electron chi connectivity index (χ2n) is 9.97. The van der Waals surface area contributed by atoms with Crippen LogP contribution in [0.15, 0.2) is 61.1 Å². The predicted octanol–water partition coefficient (Wildman–Crippen LogP) is 4.37. The largest absolute Gasteiger partial charge is 0.493 e. The highest BCUT2D eigenvalue weighted by Gasteiger charge is 2.30. The SMILES string of the molecule is COc1ccc(N2CCN(CC(=O)c3cn(C)cn3)[C@@H](Cc3ccccc3)C2)cc1OC1CCCC1. The summed E-state index contributed by atoms with van der Waals surface area (Å²) in [7, 11) is 3.59. The molecular weight excluding hydrogens is 452 g/mol. The van der Waals surface area contributed by atoms with E-state index in [1.807, 2.05) is 23.7 Å². The summed E-state index contributed by atoms with van der Waals surface area (Å²) in [6, 6.07) is 17.0. The Bertz CT molecular complexity index is 1160. The van der Waals surface area contributed by atoms with Gasteiger partial charge in [-0.15, -0.1) is 0 Å². The number of hydrogen-bond acceptors (Lipinski definition) is 6. The van der Waals surface area contributed by atoms with Crippen LogP contribution >= 0.6 is 0 Å². The molecule has 1 atom stereocenters. The molecule has 3 aromatic rings. The number of nitrogens with zero attached hydrogens (tertiary/aromatic N) is 4. The average molecular weight is 489 g/mol. The third-order valence-electron chi connectivity index (χ3n) is 7.36. The third kappa shape index (κ3) is 5.73. The lowest BCUT2D eigenvalue weighted by Crippen LogP contribution is -2.55. The zero-order valence-electron chi connectivity index (χ0n) is 21.3. The van der Waals surface area contributed by atoms with E-state index in [9.17, 15) is 4.79 Å². The van der Waals surface area contributed by atoms with Gasteiger partial charge in [0.15, 0.2) is 17.3 Å². The van der Waals surface area contributed by atoms with Crippen molar-refractivity contribution in [3.05, 3.63) is 72.3 Å². The Kier molecular flexibility index (Phi) is 7.56. The summed E-state index contributed by atoms with van der Waals surface area (Å²) >= 11 is 0.